The Morgan fingerprint density at radius 3 is 2.13 bits per heavy atom. The lowest BCUT2D eigenvalue weighted by Gasteiger charge is -2.23. The topological polar surface area (TPSA) is 64.9 Å². The van der Waals surface area contributed by atoms with Gasteiger partial charge in [-0.1, -0.05) is 25.9 Å². The van der Waals surface area contributed by atoms with Crippen molar-refractivity contribution in [2.45, 2.75) is 33.0 Å². The van der Waals surface area contributed by atoms with Crippen LogP contribution in [0.4, 0.5) is 13.2 Å². The predicted molar refractivity (Wildman–Crippen MR) is 45.7 cm³/mol. The summed E-state index contributed by atoms with van der Waals surface area (Å²) in [6.45, 7) is 5.32. The first-order valence-corrected chi connectivity index (χ1v) is 4.29. The van der Waals surface area contributed by atoms with Gasteiger partial charge in [-0.15, -0.1) is 0 Å². The van der Waals surface area contributed by atoms with E-state index in [-0.39, 0.29) is 5.89 Å². The van der Waals surface area contributed by atoms with E-state index in [0.29, 0.717) is 0 Å². The van der Waals surface area contributed by atoms with Gasteiger partial charge in [0.05, 0.1) is 6.04 Å². The molecule has 0 aliphatic heterocycles. The second-order valence-corrected chi connectivity index (χ2v) is 4.30. The Labute approximate surface area is 84.6 Å². The molecule has 0 amide bonds. The smallest absolute Gasteiger partial charge is 0.337 e. The quantitative estimate of drug-likeness (QED) is 0.792. The van der Waals surface area contributed by atoms with E-state index in [1.807, 2.05) is 0 Å². The van der Waals surface area contributed by atoms with Gasteiger partial charge in [-0.25, -0.2) is 0 Å². The van der Waals surface area contributed by atoms with Gasteiger partial charge in [-0.3, -0.25) is 0 Å². The molecule has 0 saturated heterocycles. The van der Waals surface area contributed by atoms with E-state index in [1.165, 1.54) is 0 Å². The molecule has 0 fully saturated rings. The molecule has 1 aromatic heterocycles. The van der Waals surface area contributed by atoms with E-state index < -0.39 is 23.5 Å². The molecule has 0 saturated carbocycles. The van der Waals surface area contributed by atoms with E-state index in [9.17, 15) is 13.2 Å². The summed E-state index contributed by atoms with van der Waals surface area (Å²) >= 11 is 0. The van der Waals surface area contributed by atoms with Gasteiger partial charge in [-0.05, 0) is 5.41 Å². The lowest BCUT2D eigenvalue weighted by Crippen LogP contribution is -2.26. The predicted octanol–water partition coefficient (Wildman–Crippen LogP) is 2.13. The number of hydrogen-bond acceptors (Lipinski definition) is 4. The molecule has 0 unspecified atom stereocenters. The Hall–Kier alpha value is -1.11. The molecule has 1 aromatic rings. The summed E-state index contributed by atoms with van der Waals surface area (Å²) in [5.41, 5.74) is 5.23. The van der Waals surface area contributed by atoms with Crippen LogP contribution in [-0.2, 0) is 6.18 Å². The molecule has 0 radical (unpaired) electrons. The molecular weight excluding hydrogens is 211 g/mol. The van der Waals surface area contributed by atoms with Gasteiger partial charge in [0.25, 0.3) is 5.82 Å². The van der Waals surface area contributed by atoms with Crippen molar-refractivity contribution in [1.82, 2.24) is 10.1 Å². The minimum absolute atomic E-state index is 0.199. The lowest BCUT2D eigenvalue weighted by atomic mass is 9.87. The maximum absolute atomic E-state index is 12.1. The van der Waals surface area contributed by atoms with E-state index in [2.05, 4.69) is 14.7 Å². The molecule has 15 heavy (non-hydrogen) atoms. The molecule has 4 nitrogen and oxygen atoms in total. The van der Waals surface area contributed by atoms with E-state index in [4.69, 9.17) is 5.73 Å². The van der Waals surface area contributed by atoms with Crippen molar-refractivity contribution < 1.29 is 17.7 Å². The van der Waals surface area contributed by atoms with Gasteiger partial charge >= 0.3 is 6.18 Å². The molecule has 0 aromatic carbocycles. The highest BCUT2D eigenvalue weighted by Gasteiger charge is 2.39. The fourth-order valence-electron chi connectivity index (χ4n) is 0.847. The maximum atomic E-state index is 12.1. The first kappa shape index (κ1) is 12.0. The Balaban J connectivity index is 2.95. The van der Waals surface area contributed by atoms with Crippen molar-refractivity contribution in [3.8, 4) is 0 Å². The number of aromatic nitrogens is 2. The number of nitrogens with two attached hydrogens (primary N) is 1. The Bertz CT molecular complexity index is 340. The molecule has 86 valence electrons. The van der Waals surface area contributed by atoms with Crippen molar-refractivity contribution in [3.05, 3.63) is 11.7 Å². The summed E-state index contributed by atoms with van der Waals surface area (Å²) in [7, 11) is 0. The van der Waals surface area contributed by atoms with Gasteiger partial charge in [-0.2, -0.15) is 18.2 Å². The van der Waals surface area contributed by atoms with Crippen LogP contribution >= 0.6 is 0 Å². The fourth-order valence-corrected chi connectivity index (χ4v) is 0.847. The van der Waals surface area contributed by atoms with Crippen LogP contribution in [0.15, 0.2) is 4.52 Å². The number of nitrogens with zero attached hydrogens (tertiary/aromatic N) is 2. The number of alkyl halides is 3. The molecule has 1 atom stereocenters. The van der Waals surface area contributed by atoms with Gasteiger partial charge in [0.1, 0.15) is 0 Å². The Morgan fingerprint density at radius 1 is 1.27 bits per heavy atom. The fraction of sp³-hybridized carbons (Fsp3) is 0.750. The normalized spacial score (nSPS) is 15.4. The minimum Gasteiger partial charge on any atom is -0.337 e. The average Bonchev–Trinajstić information content (AvgIpc) is 2.47. The molecule has 7 heteroatoms. The second-order valence-electron chi connectivity index (χ2n) is 4.30. The van der Waals surface area contributed by atoms with Crippen LogP contribution in [0.5, 0.6) is 0 Å². The highest BCUT2D eigenvalue weighted by Crippen LogP contribution is 2.32. The molecule has 0 aliphatic rings. The third-order valence-corrected chi connectivity index (χ3v) is 1.89. The van der Waals surface area contributed by atoms with Crippen molar-refractivity contribution in [2.75, 3.05) is 0 Å². The molecule has 0 bridgehead atoms. The zero-order valence-corrected chi connectivity index (χ0v) is 8.59. The summed E-state index contributed by atoms with van der Waals surface area (Å²) < 4.78 is 40.9. The second kappa shape index (κ2) is 3.48. The van der Waals surface area contributed by atoms with E-state index in [0.717, 1.165) is 0 Å². The van der Waals surface area contributed by atoms with Crippen molar-refractivity contribution in [3.63, 3.8) is 0 Å². The van der Waals surface area contributed by atoms with Crippen molar-refractivity contribution in [1.29, 1.82) is 0 Å². The SMILES string of the molecule is CC(C)(C)[C@@H](N)c1nc(C(F)(F)F)no1. The van der Waals surface area contributed by atoms with Gasteiger partial charge < -0.3 is 10.3 Å². The van der Waals surface area contributed by atoms with Crippen molar-refractivity contribution >= 4 is 0 Å². The minimum atomic E-state index is -4.60. The largest absolute Gasteiger partial charge is 0.455 e. The molecular formula is C8H12F3N3O. The molecule has 0 aliphatic carbocycles. The van der Waals surface area contributed by atoms with Crippen LogP contribution in [-0.4, -0.2) is 10.1 Å². The van der Waals surface area contributed by atoms with E-state index in [1.54, 1.807) is 20.8 Å². The zero-order valence-electron chi connectivity index (χ0n) is 8.59. The number of rotatable bonds is 1. The summed E-state index contributed by atoms with van der Waals surface area (Å²) in [5, 5.41) is 2.83. The first-order chi connectivity index (χ1) is 6.62. The Kier molecular flexibility index (Phi) is 2.77. The third kappa shape index (κ3) is 2.68. The van der Waals surface area contributed by atoms with Crippen LogP contribution in [0, 0.1) is 5.41 Å². The van der Waals surface area contributed by atoms with Gasteiger partial charge in [0.2, 0.25) is 5.89 Å². The third-order valence-electron chi connectivity index (χ3n) is 1.89. The molecule has 1 rings (SSSR count). The van der Waals surface area contributed by atoms with Crippen LogP contribution in [0.3, 0.4) is 0 Å². The maximum Gasteiger partial charge on any atom is 0.455 e. The summed E-state index contributed by atoms with van der Waals surface area (Å²) in [5.74, 6) is -1.49. The van der Waals surface area contributed by atoms with Crippen LogP contribution in [0.1, 0.15) is 38.5 Å². The molecule has 1 heterocycles. The number of hydrogen-bond donors (Lipinski definition) is 1. The summed E-state index contributed by atoms with van der Waals surface area (Å²) in [6, 6.07) is -0.721. The zero-order chi connectivity index (χ0) is 11.9. The monoisotopic (exact) mass is 223 g/mol. The first-order valence-electron chi connectivity index (χ1n) is 4.29. The van der Waals surface area contributed by atoms with Crippen LogP contribution < -0.4 is 5.73 Å². The van der Waals surface area contributed by atoms with Crippen molar-refractivity contribution in [2.24, 2.45) is 11.1 Å². The van der Waals surface area contributed by atoms with E-state index >= 15 is 0 Å². The molecule has 2 N–H and O–H groups in total. The summed E-state index contributed by atoms with van der Waals surface area (Å²) in [6.07, 6.45) is -4.60. The summed E-state index contributed by atoms with van der Waals surface area (Å²) in [4.78, 5) is 3.22. The van der Waals surface area contributed by atoms with Gasteiger partial charge in [0.15, 0.2) is 0 Å². The molecule has 0 spiro atoms. The standard InChI is InChI=1S/C8H12F3N3O/c1-7(2,3)4(12)5-13-6(14-15-5)8(9,10)11/h4H,12H2,1-3H3/t4-/m0/s1. The lowest BCUT2D eigenvalue weighted by molar-refractivity contribution is -0.146. The highest BCUT2D eigenvalue weighted by molar-refractivity contribution is 4.98. The van der Waals surface area contributed by atoms with Crippen LogP contribution in [0.2, 0.25) is 0 Å². The van der Waals surface area contributed by atoms with Crippen LogP contribution in [0.25, 0.3) is 0 Å². The highest BCUT2D eigenvalue weighted by atomic mass is 19.4. The number of halogens is 3. The Morgan fingerprint density at radius 2 is 1.80 bits per heavy atom. The average molecular weight is 223 g/mol. The van der Waals surface area contributed by atoms with Gasteiger partial charge in [0, 0.05) is 0 Å².